The highest BCUT2D eigenvalue weighted by molar-refractivity contribution is 5.25. The molecule has 0 fully saturated rings. The minimum absolute atomic E-state index is 0.391. The maximum absolute atomic E-state index is 13.5. The summed E-state index contributed by atoms with van der Waals surface area (Å²) in [7, 11) is 0. The van der Waals surface area contributed by atoms with Crippen molar-refractivity contribution in [3.8, 4) is 0 Å². The van der Waals surface area contributed by atoms with Crippen LogP contribution in [0.25, 0.3) is 0 Å². The first-order valence-electron chi connectivity index (χ1n) is 5.86. The van der Waals surface area contributed by atoms with Crippen LogP contribution < -0.4 is 5.32 Å². The Morgan fingerprint density at radius 1 is 0.944 bits per heavy atom. The van der Waals surface area contributed by atoms with E-state index in [2.05, 4.69) is 5.32 Å². The van der Waals surface area contributed by atoms with Crippen LogP contribution in [-0.4, -0.2) is 0 Å². The van der Waals surface area contributed by atoms with Gasteiger partial charge in [0.05, 0.1) is 0 Å². The van der Waals surface area contributed by atoms with Crippen LogP contribution in [0.5, 0.6) is 0 Å². The molecule has 0 spiro atoms. The van der Waals surface area contributed by atoms with E-state index in [1.165, 1.54) is 0 Å². The molecule has 0 amide bonds. The third kappa shape index (κ3) is 3.14. The lowest BCUT2D eigenvalue weighted by Crippen LogP contribution is -2.14. The Bertz CT molecular complexity index is 524. The Kier molecular flexibility index (Phi) is 4.05. The number of aryl methyl sites for hydroxylation is 1. The quantitative estimate of drug-likeness (QED) is 0.871. The van der Waals surface area contributed by atoms with Crippen molar-refractivity contribution in [3.63, 3.8) is 0 Å². The number of nitrogens with one attached hydrogen (secondary N) is 1. The fourth-order valence-electron chi connectivity index (χ4n) is 1.79. The largest absolute Gasteiger partial charge is 0.309 e. The van der Waals surface area contributed by atoms with Gasteiger partial charge in [0, 0.05) is 24.7 Å². The second-order valence-electron chi connectivity index (χ2n) is 4.28. The Labute approximate surface area is 105 Å². The van der Waals surface area contributed by atoms with Crippen LogP contribution in [0.4, 0.5) is 8.78 Å². The molecule has 0 heterocycles. The SMILES string of the molecule is Cc1cc(CNCc2ccccc2)c(F)cc1F. The van der Waals surface area contributed by atoms with Crippen LogP contribution in [0.1, 0.15) is 16.7 Å². The average Bonchev–Trinajstić information content (AvgIpc) is 2.37. The smallest absolute Gasteiger partial charge is 0.130 e. The third-order valence-corrected chi connectivity index (χ3v) is 2.82. The highest BCUT2D eigenvalue weighted by atomic mass is 19.1. The van der Waals surface area contributed by atoms with Crippen LogP contribution >= 0.6 is 0 Å². The van der Waals surface area contributed by atoms with Gasteiger partial charge in [-0.1, -0.05) is 30.3 Å². The molecule has 0 atom stereocenters. The zero-order chi connectivity index (χ0) is 13.0. The molecular weight excluding hydrogens is 232 g/mol. The maximum Gasteiger partial charge on any atom is 0.130 e. The van der Waals surface area contributed by atoms with Gasteiger partial charge in [-0.05, 0) is 24.1 Å². The summed E-state index contributed by atoms with van der Waals surface area (Å²) in [5.41, 5.74) is 2.09. The van der Waals surface area contributed by atoms with Gasteiger partial charge >= 0.3 is 0 Å². The van der Waals surface area contributed by atoms with Crippen molar-refractivity contribution in [2.45, 2.75) is 20.0 Å². The fraction of sp³-hybridized carbons (Fsp3) is 0.200. The normalized spacial score (nSPS) is 10.6. The van der Waals surface area contributed by atoms with E-state index in [4.69, 9.17) is 0 Å². The van der Waals surface area contributed by atoms with Gasteiger partial charge in [0.15, 0.2) is 0 Å². The highest BCUT2D eigenvalue weighted by Crippen LogP contribution is 2.14. The first-order chi connectivity index (χ1) is 8.66. The van der Waals surface area contributed by atoms with Crippen molar-refractivity contribution in [1.82, 2.24) is 5.32 Å². The Hall–Kier alpha value is -1.74. The molecule has 2 aromatic rings. The van der Waals surface area contributed by atoms with Crippen molar-refractivity contribution < 1.29 is 8.78 Å². The molecule has 0 radical (unpaired) electrons. The minimum atomic E-state index is -0.501. The summed E-state index contributed by atoms with van der Waals surface area (Å²) >= 11 is 0. The molecule has 1 N–H and O–H groups in total. The molecule has 2 rings (SSSR count). The summed E-state index contributed by atoms with van der Waals surface area (Å²) in [6.45, 7) is 2.69. The van der Waals surface area contributed by atoms with Gasteiger partial charge in [-0.25, -0.2) is 8.78 Å². The van der Waals surface area contributed by atoms with E-state index in [0.717, 1.165) is 11.6 Å². The second-order valence-corrected chi connectivity index (χ2v) is 4.28. The van der Waals surface area contributed by atoms with E-state index < -0.39 is 11.6 Å². The topological polar surface area (TPSA) is 12.0 Å². The van der Waals surface area contributed by atoms with Gasteiger partial charge in [0.25, 0.3) is 0 Å². The monoisotopic (exact) mass is 247 g/mol. The molecule has 0 aromatic heterocycles. The zero-order valence-electron chi connectivity index (χ0n) is 10.2. The Morgan fingerprint density at radius 2 is 1.67 bits per heavy atom. The van der Waals surface area contributed by atoms with E-state index in [1.54, 1.807) is 13.0 Å². The summed E-state index contributed by atoms with van der Waals surface area (Å²) in [4.78, 5) is 0. The lowest BCUT2D eigenvalue weighted by atomic mass is 10.1. The molecule has 0 saturated heterocycles. The molecule has 0 aliphatic rings. The first kappa shape index (κ1) is 12.7. The molecular formula is C15H15F2N. The van der Waals surface area contributed by atoms with E-state index in [9.17, 15) is 8.78 Å². The van der Waals surface area contributed by atoms with Crippen LogP contribution in [0, 0.1) is 18.6 Å². The number of halogens is 2. The van der Waals surface area contributed by atoms with E-state index in [1.807, 2.05) is 30.3 Å². The standard InChI is InChI=1S/C15H15F2N/c1-11-7-13(15(17)8-14(11)16)10-18-9-12-5-3-2-4-6-12/h2-8,18H,9-10H2,1H3. The van der Waals surface area contributed by atoms with Crippen molar-refractivity contribution in [1.29, 1.82) is 0 Å². The van der Waals surface area contributed by atoms with Gasteiger partial charge < -0.3 is 5.32 Å². The first-order valence-corrected chi connectivity index (χ1v) is 5.86. The summed E-state index contributed by atoms with van der Waals surface area (Å²) in [6, 6.07) is 12.3. The number of hydrogen-bond acceptors (Lipinski definition) is 1. The molecule has 3 heteroatoms. The van der Waals surface area contributed by atoms with Gasteiger partial charge in [0.1, 0.15) is 11.6 Å². The lowest BCUT2D eigenvalue weighted by molar-refractivity contribution is 0.555. The van der Waals surface area contributed by atoms with E-state index in [-0.39, 0.29) is 0 Å². The van der Waals surface area contributed by atoms with Gasteiger partial charge in [-0.3, -0.25) is 0 Å². The van der Waals surface area contributed by atoms with Gasteiger partial charge in [-0.2, -0.15) is 0 Å². The Morgan fingerprint density at radius 3 is 2.39 bits per heavy atom. The molecule has 2 aromatic carbocycles. The zero-order valence-corrected chi connectivity index (χ0v) is 10.2. The van der Waals surface area contributed by atoms with Crippen molar-refractivity contribution >= 4 is 0 Å². The van der Waals surface area contributed by atoms with E-state index in [0.29, 0.717) is 24.2 Å². The molecule has 1 nitrogen and oxygen atoms in total. The van der Waals surface area contributed by atoms with Crippen molar-refractivity contribution in [2.75, 3.05) is 0 Å². The molecule has 0 saturated carbocycles. The van der Waals surface area contributed by atoms with Crippen LogP contribution in [0.15, 0.2) is 42.5 Å². The van der Waals surface area contributed by atoms with Crippen molar-refractivity contribution in [2.24, 2.45) is 0 Å². The maximum atomic E-state index is 13.5. The average molecular weight is 247 g/mol. The van der Waals surface area contributed by atoms with Crippen LogP contribution in [0.3, 0.4) is 0 Å². The predicted octanol–water partition coefficient (Wildman–Crippen LogP) is 3.56. The third-order valence-electron chi connectivity index (χ3n) is 2.82. The molecule has 0 aliphatic carbocycles. The summed E-state index contributed by atoms with van der Waals surface area (Å²) in [6.07, 6.45) is 0. The Balaban J connectivity index is 1.97. The molecule has 94 valence electrons. The second kappa shape index (κ2) is 5.74. The van der Waals surface area contributed by atoms with Crippen molar-refractivity contribution in [3.05, 3.63) is 70.8 Å². The summed E-state index contributed by atoms with van der Waals surface area (Å²) in [5, 5.41) is 3.14. The molecule has 18 heavy (non-hydrogen) atoms. The summed E-state index contributed by atoms with van der Waals surface area (Å²) in [5.74, 6) is -1.00. The predicted molar refractivity (Wildman–Crippen MR) is 68.1 cm³/mol. The number of rotatable bonds is 4. The van der Waals surface area contributed by atoms with E-state index >= 15 is 0 Å². The number of hydrogen-bond donors (Lipinski definition) is 1. The fourth-order valence-corrected chi connectivity index (χ4v) is 1.79. The highest BCUT2D eigenvalue weighted by Gasteiger charge is 2.06. The van der Waals surface area contributed by atoms with Crippen LogP contribution in [0.2, 0.25) is 0 Å². The number of benzene rings is 2. The summed E-state index contributed by atoms with van der Waals surface area (Å²) < 4.78 is 26.6. The lowest BCUT2D eigenvalue weighted by Gasteiger charge is -2.08. The molecule has 0 aliphatic heterocycles. The molecule has 0 bridgehead atoms. The van der Waals surface area contributed by atoms with Gasteiger partial charge in [0.2, 0.25) is 0 Å². The van der Waals surface area contributed by atoms with Crippen LogP contribution in [-0.2, 0) is 13.1 Å². The minimum Gasteiger partial charge on any atom is -0.309 e. The van der Waals surface area contributed by atoms with Gasteiger partial charge in [-0.15, -0.1) is 0 Å². The molecule has 0 unspecified atom stereocenters.